The van der Waals surface area contributed by atoms with Gasteiger partial charge < -0.3 is 4.74 Å². The molecule has 2 nitrogen and oxygen atoms in total. The minimum atomic E-state index is -0.101. The third-order valence-electron chi connectivity index (χ3n) is 6.80. The second-order valence-corrected chi connectivity index (χ2v) is 9.80. The van der Waals surface area contributed by atoms with Gasteiger partial charge >= 0.3 is 5.90 Å². The van der Waals surface area contributed by atoms with Gasteiger partial charge in [0.05, 0.1) is 11.3 Å². The van der Waals surface area contributed by atoms with Crippen LogP contribution in [0.3, 0.4) is 0 Å². The second kappa shape index (κ2) is 8.40. The molecule has 2 aromatic rings. The van der Waals surface area contributed by atoms with Crippen LogP contribution in [0.2, 0.25) is 10.0 Å². The molecular formula is C26H30Cl2NO+. The first-order valence-corrected chi connectivity index (χ1v) is 11.6. The third kappa shape index (κ3) is 3.69. The predicted octanol–water partition coefficient (Wildman–Crippen LogP) is 7.41. The van der Waals surface area contributed by atoms with Crippen LogP contribution in [-0.4, -0.2) is 22.6 Å². The highest BCUT2D eigenvalue weighted by Gasteiger charge is 2.58. The highest BCUT2D eigenvalue weighted by Crippen LogP contribution is 2.52. The summed E-state index contributed by atoms with van der Waals surface area (Å²) in [5, 5.41) is 1.54. The molecule has 4 rings (SSSR count). The summed E-state index contributed by atoms with van der Waals surface area (Å²) in [6.07, 6.45) is 5.06. The van der Waals surface area contributed by atoms with Crippen molar-refractivity contribution < 1.29 is 9.31 Å². The van der Waals surface area contributed by atoms with Gasteiger partial charge in [-0.05, 0) is 56.5 Å². The summed E-state index contributed by atoms with van der Waals surface area (Å²) in [6.45, 7) is 10.8. The van der Waals surface area contributed by atoms with Gasteiger partial charge in [0.1, 0.15) is 0 Å². The van der Waals surface area contributed by atoms with Crippen molar-refractivity contribution in [2.75, 3.05) is 0 Å². The van der Waals surface area contributed by atoms with Gasteiger partial charge in [0.15, 0.2) is 18.2 Å². The Morgan fingerprint density at radius 1 is 1.13 bits per heavy atom. The van der Waals surface area contributed by atoms with Gasteiger partial charge in [-0.25, -0.2) is 0 Å². The molecule has 0 aromatic heterocycles. The average molecular weight is 443 g/mol. The Hall–Kier alpha value is -1.77. The van der Waals surface area contributed by atoms with Gasteiger partial charge in [0.2, 0.25) is 0 Å². The van der Waals surface area contributed by atoms with Crippen molar-refractivity contribution in [2.24, 2.45) is 5.41 Å². The van der Waals surface area contributed by atoms with Gasteiger partial charge in [0, 0.05) is 22.0 Å². The molecule has 2 aliphatic heterocycles. The summed E-state index contributed by atoms with van der Waals surface area (Å²) in [5.74, 6) is 1.39. The molecule has 0 fully saturated rings. The molecule has 0 radical (unpaired) electrons. The zero-order valence-electron chi connectivity index (χ0n) is 17.9. The van der Waals surface area contributed by atoms with Crippen LogP contribution in [0, 0.1) is 5.41 Å². The monoisotopic (exact) mass is 442 g/mol. The number of rotatable bonds is 5. The topological polar surface area (TPSA) is 12.2 Å². The van der Waals surface area contributed by atoms with Crippen molar-refractivity contribution >= 4 is 29.1 Å². The molecule has 0 spiro atoms. The molecule has 1 unspecified atom stereocenters. The van der Waals surface area contributed by atoms with Crippen molar-refractivity contribution in [3.63, 3.8) is 0 Å². The number of allylic oxidation sites excluding steroid dienone is 1. The van der Waals surface area contributed by atoms with Gasteiger partial charge in [-0.2, -0.15) is 4.58 Å². The summed E-state index contributed by atoms with van der Waals surface area (Å²) in [6, 6.07) is 17.1. The maximum absolute atomic E-state index is 6.56. The van der Waals surface area contributed by atoms with E-state index in [2.05, 4.69) is 62.3 Å². The second-order valence-electron chi connectivity index (χ2n) is 8.93. The van der Waals surface area contributed by atoms with E-state index in [1.54, 1.807) is 0 Å². The predicted molar refractivity (Wildman–Crippen MR) is 126 cm³/mol. The lowest BCUT2D eigenvalue weighted by atomic mass is 9.69. The number of ether oxygens (including phenoxy) is 1. The molecule has 158 valence electrons. The normalized spacial score (nSPS) is 30.7. The molecule has 0 saturated carbocycles. The Bertz CT molecular complexity index is 967. The number of hydrogen-bond donors (Lipinski definition) is 0. The smallest absolute Gasteiger partial charge is 0.344 e. The lowest BCUT2D eigenvalue weighted by molar-refractivity contribution is -0.613. The van der Waals surface area contributed by atoms with Gasteiger partial charge in [-0.15, -0.1) is 6.58 Å². The van der Waals surface area contributed by atoms with Gasteiger partial charge in [0.25, 0.3) is 0 Å². The Morgan fingerprint density at radius 3 is 2.50 bits per heavy atom. The van der Waals surface area contributed by atoms with Gasteiger partial charge in [-0.1, -0.05) is 60.5 Å². The van der Waals surface area contributed by atoms with Crippen LogP contribution in [0.4, 0.5) is 0 Å². The summed E-state index contributed by atoms with van der Waals surface area (Å²) in [4.78, 5) is 0. The first-order valence-electron chi connectivity index (χ1n) is 10.8. The van der Waals surface area contributed by atoms with E-state index in [4.69, 9.17) is 27.9 Å². The zero-order valence-corrected chi connectivity index (χ0v) is 19.5. The first kappa shape index (κ1) is 21.5. The Kier molecular flexibility index (Phi) is 6.01. The van der Waals surface area contributed by atoms with E-state index < -0.39 is 0 Å². The van der Waals surface area contributed by atoms with Crippen molar-refractivity contribution in [3.05, 3.63) is 82.4 Å². The molecule has 0 saturated heterocycles. The minimum absolute atomic E-state index is 0.101. The standard InChI is InChI=1S/C26H30Cl2NO/c1-5-14-26(4)16-22(19-8-7-9-21(28)15-19)24(18-10-12-20(27)13-11-18)29-23(6-2)17(3)30-25(26)29/h5,7-13,15,17,22-24H,1,6,14,16H2,2-4H3/q+1/t17?,22-,23+,24-,26+/m1/s1. The van der Waals surface area contributed by atoms with E-state index in [1.807, 2.05) is 24.3 Å². The Morgan fingerprint density at radius 2 is 1.87 bits per heavy atom. The zero-order chi connectivity index (χ0) is 21.5. The SMILES string of the molecule is C=CC[C@@]1(C)C[C@H](c2cccc(Cl)c2)[C@@H](c2ccc(Cl)cc2)[N+]2=C1OC(C)[C@@H]2CC. The molecule has 0 amide bonds. The third-order valence-corrected chi connectivity index (χ3v) is 7.29. The van der Waals surface area contributed by atoms with Crippen molar-refractivity contribution in [1.82, 2.24) is 0 Å². The molecule has 4 heteroatoms. The summed E-state index contributed by atoms with van der Waals surface area (Å²) < 4.78 is 9.12. The molecular weight excluding hydrogens is 413 g/mol. The molecule has 2 aliphatic rings. The molecule has 2 heterocycles. The molecule has 0 N–H and O–H groups in total. The van der Waals surface area contributed by atoms with Crippen LogP contribution in [-0.2, 0) is 4.74 Å². The van der Waals surface area contributed by atoms with Crippen molar-refractivity contribution in [3.8, 4) is 0 Å². The van der Waals surface area contributed by atoms with E-state index in [1.165, 1.54) is 11.1 Å². The molecule has 0 bridgehead atoms. The maximum atomic E-state index is 6.56. The van der Waals surface area contributed by atoms with Crippen LogP contribution in [0.15, 0.2) is 61.2 Å². The molecule has 30 heavy (non-hydrogen) atoms. The molecule has 2 aromatic carbocycles. The first-order chi connectivity index (χ1) is 14.4. The van der Waals surface area contributed by atoms with E-state index in [0.29, 0.717) is 6.04 Å². The highest BCUT2D eigenvalue weighted by atomic mass is 35.5. The summed E-state index contributed by atoms with van der Waals surface area (Å²) >= 11 is 12.7. The Balaban J connectivity index is 1.95. The van der Waals surface area contributed by atoms with Crippen LogP contribution in [0.25, 0.3) is 0 Å². The lowest BCUT2D eigenvalue weighted by Gasteiger charge is -2.38. The van der Waals surface area contributed by atoms with Crippen LogP contribution in [0.1, 0.15) is 63.1 Å². The maximum Gasteiger partial charge on any atom is 0.344 e. The fraction of sp³-hybridized carbons (Fsp3) is 0.423. The fourth-order valence-electron chi connectivity index (χ4n) is 5.47. The van der Waals surface area contributed by atoms with E-state index in [9.17, 15) is 0 Å². The van der Waals surface area contributed by atoms with E-state index in [0.717, 1.165) is 35.2 Å². The lowest BCUT2D eigenvalue weighted by Crippen LogP contribution is -2.45. The largest absolute Gasteiger partial charge is 0.438 e. The Labute approximate surface area is 190 Å². The van der Waals surface area contributed by atoms with E-state index >= 15 is 0 Å². The number of halogens is 2. The molecule has 5 atom stereocenters. The fourth-order valence-corrected chi connectivity index (χ4v) is 5.79. The highest BCUT2D eigenvalue weighted by molar-refractivity contribution is 6.30. The average Bonchev–Trinajstić information content (AvgIpc) is 3.06. The quantitative estimate of drug-likeness (QED) is 0.346. The number of benzene rings is 2. The van der Waals surface area contributed by atoms with Crippen LogP contribution in [0.5, 0.6) is 0 Å². The van der Waals surface area contributed by atoms with E-state index in [-0.39, 0.29) is 23.5 Å². The summed E-state index contributed by atoms with van der Waals surface area (Å²) in [5.41, 5.74) is 2.43. The minimum Gasteiger partial charge on any atom is -0.438 e. The van der Waals surface area contributed by atoms with Crippen LogP contribution >= 0.6 is 23.2 Å². The van der Waals surface area contributed by atoms with Crippen molar-refractivity contribution in [2.45, 2.75) is 64.1 Å². The van der Waals surface area contributed by atoms with Crippen LogP contribution < -0.4 is 0 Å². The molecule has 0 aliphatic carbocycles. The van der Waals surface area contributed by atoms with Gasteiger partial charge in [-0.3, -0.25) is 0 Å². The summed E-state index contributed by atoms with van der Waals surface area (Å²) in [7, 11) is 0. The number of hydrogen-bond acceptors (Lipinski definition) is 1. The van der Waals surface area contributed by atoms with Crippen molar-refractivity contribution in [1.29, 1.82) is 0 Å². The number of nitrogens with zero attached hydrogens (tertiary/aromatic N) is 1.